The number of aryl methyl sites for hydroxylation is 1. The summed E-state index contributed by atoms with van der Waals surface area (Å²) in [5.41, 5.74) is 0.112. The van der Waals surface area contributed by atoms with Gasteiger partial charge in [0.2, 0.25) is 0 Å². The van der Waals surface area contributed by atoms with E-state index >= 15 is 0 Å². The van der Waals surface area contributed by atoms with Crippen molar-refractivity contribution >= 4 is 0 Å². The van der Waals surface area contributed by atoms with E-state index in [1.54, 1.807) is 13.8 Å². The van der Waals surface area contributed by atoms with Gasteiger partial charge in [0.25, 0.3) is 0 Å². The molecule has 1 aromatic heterocycles. The number of hydrogen-bond donors (Lipinski definition) is 2. The summed E-state index contributed by atoms with van der Waals surface area (Å²) in [5.74, 6) is 0.394. The average molecular weight is 198 g/mol. The molecule has 1 aromatic rings. The van der Waals surface area contributed by atoms with E-state index < -0.39 is 17.8 Å². The fourth-order valence-electron chi connectivity index (χ4n) is 1.31. The van der Waals surface area contributed by atoms with Gasteiger partial charge in [0, 0.05) is 18.1 Å². The molecule has 0 amide bonds. The molecule has 0 radical (unpaired) electrons. The van der Waals surface area contributed by atoms with Gasteiger partial charge in [0.05, 0.1) is 12.2 Å². The van der Waals surface area contributed by atoms with E-state index in [1.165, 1.54) is 12.1 Å². The Morgan fingerprint density at radius 1 is 1.43 bits per heavy atom. The van der Waals surface area contributed by atoms with E-state index in [1.807, 2.05) is 0 Å². The second kappa shape index (κ2) is 4.39. The van der Waals surface area contributed by atoms with Crippen LogP contribution >= 0.6 is 0 Å². The first-order chi connectivity index (χ1) is 6.50. The monoisotopic (exact) mass is 198 g/mol. The van der Waals surface area contributed by atoms with Crippen molar-refractivity contribution in [1.82, 2.24) is 0 Å². The fraction of sp³-hybridized carbons (Fsp3) is 0.500. The minimum Gasteiger partial charge on any atom is -0.428 e. The number of rotatable bonds is 3. The van der Waals surface area contributed by atoms with Crippen molar-refractivity contribution in [3.05, 3.63) is 33.9 Å². The van der Waals surface area contributed by atoms with Crippen molar-refractivity contribution in [3.8, 4) is 0 Å². The summed E-state index contributed by atoms with van der Waals surface area (Å²) in [6.45, 7) is 3.21. The molecule has 4 nitrogen and oxygen atoms in total. The lowest BCUT2D eigenvalue weighted by Crippen LogP contribution is -2.11. The molecule has 2 N–H and O–H groups in total. The van der Waals surface area contributed by atoms with Crippen LogP contribution in [-0.2, 0) is 0 Å². The zero-order valence-electron chi connectivity index (χ0n) is 8.23. The zero-order valence-corrected chi connectivity index (χ0v) is 8.23. The maximum Gasteiger partial charge on any atom is 0.335 e. The SMILES string of the molecule is Cc1oc(=O)ccc1C(O)CC(C)O. The molecule has 78 valence electrons. The standard InChI is InChI=1S/C10H14O4/c1-6(11)5-9(12)8-3-4-10(13)14-7(8)2/h3-4,6,9,11-12H,5H2,1-2H3. The second-order valence-electron chi connectivity index (χ2n) is 3.37. The molecule has 1 rings (SSSR count). The van der Waals surface area contributed by atoms with Gasteiger partial charge in [-0.3, -0.25) is 0 Å². The van der Waals surface area contributed by atoms with Gasteiger partial charge in [-0.15, -0.1) is 0 Å². The van der Waals surface area contributed by atoms with Crippen molar-refractivity contribution < 1.29 is 14.6 Å². The van der Waals surface area contributed by atoms with E-state index in [0.717, 1.165) is 0 Å². The summed E-state index contributed by atoms with van der Waals surface area (Å²) in [6.07, 6.45) is -1.15. The van der Waals surface area contributed by atoms with Gasteiger partial charge in [0.15, 0.2) is 0 Å². The predicted molar refractivity (Wildman–Crippen MR) is 51.0 cm³/mol. The Morgan fingerprint density at radius 3 is 2.57 bits per heavy atom. The minimum absolute atomic E-state index is 0.231. The molecule has 0 saturated carbocycles. The first kappa shape index (κ1) is 10.9. The largest absolute Gasteiger partial charge is 0.428 e. The van der Waals surface area contributed by atoms with Crippen molar-refractivity contribution in [2.45, 2.75) is 32.5 Å². The Labute approximate surface area is 81.8 Å². The Morgan fingerprint density at radius 2 is 2.07 bits per heavy atom. The molecular weight excluding hydrogens is 184 g/mol. The van der Waals surface area contributed by atoms with Crippen molar-refractivity contribution in [3.63, 3.8) is 0 Å². The van der Waals surface area contributed by atoms with Crippen LogP contribution in [0, 0.1) is 6.92 Å². The highest BCUT2D eigenvalue weighted by Gasteiger charge is 2.14. The normalized spacial score (nSPS) is 15.1. The third-order valence-corrected chi connectivity index (χ3v) is 1.98. The Bertz CT molecular complexity index is 353. The summed E-state index contributed by atoms with van der Waals surface area (Å²) in [4.78, 5) is 10.8. The number of aliphatic hydroxyl groups excluding tert-OH is 2. The summed E-state index contributed by atoms with van der Waals surface area (Å²) in [7, 11) is 0. The molecule has 0 fully saturated rings. The highest BCUT2D eigenvalue weighted by molar-refractivity contribution is 5.18. The van der Waals surface area contributed by atoms with Crippen molar-refractivity contribution in [2.24, 2.45) is 0 Å². The molecule has 4 heteroatoms. The second-order valence-corrected chi connectivity index (χ2v) is 3.37. The third kappa shape index (κ3) is 2.68. The van der Waals surface area contributed by atoms with E-state index in [-0.39, 0.29) is 6.42 Å². The van der Waals surface area contributed by atoms with E-state index in [4.69, 9.17) is 9.52 Å². The average Bonchev–Trinajstić information content (AvgIpc) is 2.01. The molecule has 0 bridgehead atoms. The smallest absolute Gasteiger partial charge is 0.335 e. The van der Waals surface area contributed by atoms with Crippen LogP contribution in [-0.4, -0.2) is 16.3 Å². The van der Waals surface area contributed by atoms with E-state index in [2.05, 4.69) is 0 Å². The molecule has 0 aliphatic heterocycles. The van der Waals surface area contributed by atoms with Crippen molar-refractivity contribution in [2.75, 3.05) is 0 Å². The Hall–Kier alpha value is -1.13. The minimum atomic E-state index is -0.792. The van der Waals surface area contributed by atoms with Gasteiger partial charge in [-0.25, -0.2) is 4.79 Å². The van der Waals surface area contributed by atoms with Gasteiger partial charge < -0.3 is 14.6 Å². The molecule has 0 aromatic carbocycles. The zero-order chi connectivity index (χ0) is 10.7. The molecule has 0 aliphatic rings. The van der Waals surface area contributed by atoms with Crippen LogP contribution in [0.2, 0.25) is 0 Å². The molecule has 2 atom stereocenters. The highest BCUT2D eigenvalue weighted by atomic mass is 16.4. The Balaban J connectivity index is 2.90. The van der Waals surface area contributed by atoms with Crippen molar-refractivity contribution in [1.29, 1.82) is 0 Å². The highest BCUT2D eigenvalue weighted by Crippen LogP contribution is 2.20. The lowest BCUT2D eigenvalue weighted by atomic mass is 10.0. The lowest BCUT2D eigenvalue weighted by molar-refractivity contribution is 0.0887. The summed E-state index contributed by atoms with van der Waals surface area (Å²) in [5, 5.41) is 18.7. The summed E-state index contributed by atoms with van der Waals surface area (Å²) >= 11 is 0. The molecule has 1 heterocycles. The van der Waals surface area contributed by atoms with Crippen LogP contribution in [0.1, 0.15) is 30.8 Å². The van der Waals surface area contributed by atoms with Crippen LogP contribution < -0.4 is 5.63 Å². The van der Waals surface area contributed by atoms with Crippen LogP contribution in [0.4, 0.5) is 0 Å². The van der Waals surface area contributed by atoms with Crippen LogP contribution in [0.5, 0.6) is 0 Å². The molecule has 0 saturated heterocycles. The van der Waals surface area contributed by atoms with Gasteiger partial charge >= 0.3 is 5.63 Å². The fourth-order valence-corrected chi connectivity index (χ4v) is 1.31. The van der Waals surface area contributed by atoms with Gasteiger partial charge in [-0.1, -0.05) is 0 Å². The van der Waals surface area contributed by atoms with Crippen LogP contribution in [0.15, 0.2) is 21.3 Å². The molecule has 14 heavy (non-hydrogen) atoms. The summed E-state index contributed by atoms with van der Waals surface area (Å²) < 4.78 is 4.81. The van der Waals surface area contributed by atoms with Gasteiger partial charge in [-0.05, 0) is 19.9 Å². The number of aliphatic hydroxyl groups is 2. The topological polar surface area (TPSA) is 70.7 Å². The molecular formula is C10H14O4. The first-order valence-corrected chi connectivity index (χ1v) is 4.47. The van der Waals surface area contributed by atoms with Crippen LogP contribution in [0.25, 0.3) is 0 Å². The van der Waals surface area contributed by atoms with Crippen LogP contribution in [0.3, 0.4) is 0 Å². The molecule has 0 spiro atoms. The molecule has 0 aliphatic carbocycles. The van der Waals surface area contributed by atoms with Gasteiger partial charge in [-0.2, -0.15) is 0 Å². The molecule has 2 unspecified atom stereocenters. The maximum absolute atomic E-state index is 10.8. The Kier molecular flexibility index (Phi) is 3.43. The van der Waals surface area contributed by atoms with Gasteiger partial charge in [0.1, 0.15) is 5.76 Å². The predicted octanol–water partition coefficient (Wildman–Crippen LogP) is 0.753. The maximum atomic E-state index is 10.8. The quantitative estimate of drug-likeness (QED) is 0.752. The third-order valence-electron chi connectivity index (χ3n) is 1.98. The number of hydrogen-bond acceptors (Lipinski definition) is 4. The first-order valence-electron chi connectivity index (χ1n) is 4.47. The van der Waals surface area contributed by atoms with E-state index in [0.29, 0.717) is 11.3 Å². The lowest BCUT2D eigenvalue weighted by Gasteiger charge is -2.13. The summed E-state index contributed by atoms with van der Waals surface area (Å²) in [6, 6.07) is 2.78. The van der Waals surface area contributed by atoms with E-state index in [9.17, 15) is 9.90 Å².